The normalized spacial score (nSPS) is 11.9. The van der Waals surface area contributed by atoms with Gasteiger partial charge in [-0.3, -0.25) is 0 Å². The third-order valence-electron chi connectivity index (χ3n) is 13.8. The maximum atomic E-state index is 11.3. The highest BCUT2D eigenvalue weighted by Crippen LogP contribution is 2.45. The average molecular weight is 839 g/mol. The fourth-order valence-corrected chi connectivity index (χ4v) is 11.1. The number of nitrogens with zero attached hydrogens (tertiary/aromatic N) is 6. The van der Waals surface area contributed by atoms with Crippen LogP contribution in [0.25, 0.3) is 121 Å². The summed E-state index contributed by atoms with van der Waals surface area (Å²) >= 11 is 0. The molecule has 0 aliphatic heterocycles. The van der Waals surface area contributed by atoms with Gasteiger partial charge in [-0.2, -0.15) is 10.5 Å². The van der Waals surface area contributed by atoms with Crippen molar-refractivity contribution in [1.29, 1.82) is 10.5 Å². The maximum absolute atomic E-state index is 11.3. The topological polar surface area (TPSA) is 67.3 Å². The van der Waals surface area contributed by atoms with Crippen LogP contribution >= 0.6 is 0 Å². The minimum Gasteiger partial charge on any atom is -0.309 e. The molecule has 66 heavy (non-hydrogen) atoms. The Hall–Kier alpha value is -9.36. The highest BCUT2D eigenvalue weighted by atomic mass is 15.0. The standard InChI is InChI=1S/C60H34N6/c61-35-38-33-57(39(36-62)32-56(38)65-52-25-13-9-21-47(52)58-42-17-5-4-14-37(42)26-29-54(58)65)66-53-30-27-41(63-49-22-10-6-18-43(49)44-19-7-11-23-50(44)63)34-48(53)59-55(66)31-28-46-45-20-8-12-24-51(45)64(60(46)59)40-15-2-1-3-16-40/h1-34H. The van der Waals surface area contributed by atoms with Crippen LogP contribution in [0.1, 0.15) is 11.1 Å². The van der Waals surface area contributed by atoms with Gasteiger partial charge in [0.15, 0.2) is 0 Å². The zero-order valence-corrected chi connectivity index (χ0v) is 35.3. The quantitative estimate of drug-likeness (QED) is 0.177. The van der Waals surface area contributed by atoms with Crippen LogP contribution in [-0.4, -0.2) is 18.3 Å². The number of rotatable bonds is 4. The van der Waals surface area contributed by atoms with Gasteiger partial charge in [-0.05, 0) is 89.6 Å². The molecule has 0 amide bonds. The van der Waals surface area contributed by atoms with E-state index in [0.717, 1.165) is 98.6 Å². The summed E-state index contributed by atoms with van der Waals surface area (Å²) in [5.41, 5.74) is 12.6. The molecule has 0 unspecified atom stereocenters. The fraction of sp³-hybridized carbons (Fsp3) is 0. The van der Waals surface area contributed by atoms with Crippen LogP contribution in [-0.2, 0) is 0 Å². The summed E-state index contributed by atoms with van der Waals surface area (Å²) in [5, 5.41) is 33.8. The van der Waals surface area contributed by atoms with Crippen molar-refractivity contribution in [2.45, 2.75) is 0 Å². The first-order chi connectivity index (χ1) is 32.7. The van der Waals surface area contributed by atoms with E-state index in [1.54, 1.807) is 0 Å². The summed E-state index contributed by atoms with van der Waals surface area (Å²) in [4.78, 5) is 0. The third kappa shape index (κ3) is 4.82. The fourth-order valence-electron chi connectivity index (χ4n) is 11.1. The predicted molar refractivity (Wildman–Crippen MR) is 271 cm³/mol. The van der Waals surface area contributed by atoms with Gasteiger partial charge in [0.25, 0.3) is 0 Å². The second-order valence-corrected chi connectivity index (χ2v) is 17.1. The van der Waals surface area contributed by atoms with Gasteiger partial charge in [0.05, 0.1) is 66.6 Å². The first kappa shape index (κ1) is 36.2. The van der Waals surface area contributed by atoms with Crippen molar-refractivity contribution >= 4 is 98.0 Å². The lowest BCUT2D eigenvalue weighted by molar-refractivity contribution is 1.12. The lowest BCUT2D eigenvalue weighted by atomic mass is 10.0. The molecule has 0 saturated heterocycles. The molecule has 0 fully saturated rings. The van der Waals surface area contributed by atoms with E-state index < -0.39 is 0 Å². The lowest BCUT2D eigenvalue weighted by Crippen LogP contribution is -2.04. The number of hydrogen-bond donors (Lipinski definition) is 0. The summed E-state index contributed by atoms with van der Waals surface area (Å²) in [6.45, 7) is 0. The van der Waals surface area contributed by atoms with E-state index in [0.29, 0.717) is 22.5 Å². The van der Waals surface area contributed by atoms with E-state index >= 15 is 0 Å². The molecule has 0 atom stereocenters. The molecule has 0 bridgehead atoms. The van der Waals surface area contributed by atoms with Crippen molar-refractivity contribution in [3.8, 4) is 34.9 Å². The van der Waals surface area contributed by atoms with E-state index in [1.165, 1.54) is 10.8 Å². The van der Waals surface area contributed by atoms with Crippen LogP contribution in [0.15, 0.2) is 206 Å². The second kappa shape index (κ2) is 13.6. The number of fused-ring (bicyclic) bond motifs is 15. The highest BCUT2D eigenvalue weighted by Gasteiger charge is 2.25. The smallest absolute Gasteiger partial charge is 0.101 e. The van der Waals surface area contributed by atoms with Crippen molar-refractivity contribution in [3.63, 3.8) is 0 Å². The molecule has 0 aliphatic rings. The first-order valence-corrected chi connectivity index (χ1v) is 22.1. The minimum absolute atomic E-state index is 0.463. The van der Waals surface area contributed by atoms with E-state index in [9.17, 15) is 10.5 Å². The molecule has 0 radical (unpaired) electrons. The Labute approximate surface area is 377 Å². The monoisotopic (exact) mass is 838 g/mol. The number of nitriles is 2. The van der Waals surface area contributed by atoms with Gasteiger partial charge in [-0.25, -0.2) is 0 Å². The molecule has 0 aliphatic carbocycles. The number of hydrogen-bond acceptors (Lipinski definition) is 2. The molecule has 304 valence electrons. The highest BCUT2D eigenvalue weighted by molar-refractivity contribution is 6.27. The third-order valence-corrected chi connectivity index (χ3v) is 13.8. The van der Waals surface area contributed by atoms with Crippen molar-refractivity contribution in [2.75, 3.05) is 0 Å². The second-order valence-electron chi connectivity index (χ2n) is 17.1. The van der Waals surface area contributed by atoms with Crippen LogP contribution in [0.5, 0.6) is 0 Å². The Balaban J connectivity index is 1.11. The van der Waals surface area contributed by atoms with Crippen molar-refractivity contribution in [1.82, 2.24) is 18.3 Å². The first-order valence-electron chi connectivity index (χ1n) is 22.1. The predicted octanol–water partition coefficient (Wildman–Crippen LogP) is 15.0. The van der Waals surface area contributed by atoms with Gasteiger partial charge < -0.3 is 18.3 Å². The summed E-state index contributed by atoms with van der Waals surface area (Å²) in [6.07, 6.45) is 0. The molecular weight excluding hydrogens is 805 g/mol. The number of aromatic nitrogens is 4. The summed E-state index contributed by atoms with van der Waals surface area (Å²) < 4.78 is 9.10. The van der Waals surface area contributed by atoms with E-state index in [4.69, 9.17) is 0 Å². The zero-order valence-electron chi connectivity index (χ0n) is 35.3. The van der Waals surface area contributed by atoms with E-state index in [-0.39, 0.29) is 0 Å². The number of para-hydroxylation sites is 5. The molecule has 4 heterocycles. The zero-order chi connectivity index (χ0) is 43.6. The van der Waals surface area contributed by atoms with Gasteiger partial charge in [-0.15, -0.1) is 0 Å². The number of benzene rings is 10. The maximum Gasteiger partial charge on any atom is 0.101 e. The molecule has 0 N–H and O–H groups in total. The van der Waals surface area contributed by atoms with Crippen molar-refractivity contribution < 1.29 is 0 Å². The van der Waals surface area contributed by atoms with Gasteiger partial charge in [0.2, 0.25) is 0 Å². The Morgan fingerprint density at radius 1 is 0.288 bits per heavy atom. The van der Waals surface area contributed by atoms with Gasteiger partial charge in [0.1, 0.15) is 12.1 Å². The van der Waals surface area contributed by atoms with Crippen LogP contribution in [0.4, 0.5) is 0 Å². The Morgan fingerprint density at radius 3 is 1.39 bits per heavy atom. The lowest BCUT2D eigenvalue weighted by Gasteiger charge is -2.16. The molecule has 6 heteroatoms. The van der Waals surface area contributed by atoms with Crippen LogP contribution < -0.4 is 0 Å². The van der Waals surface area contributed by atoms with Crippen LogP contribution in [0.3, 0.4) is 0 Å². The Kier molecular flexibility index (Phi) is 7.43. The summed E-state index contributed by atoms with van der Waals surface area (Å²) in [7, 11) is 0. The summed E-state index contributed by atoms with van der Waals surface area (Å²) in [6, 6.07) is 77.5. The Bertz CT molecular complexity index is 4430. The molecule has 4 aromatic heterocycles. The van der Waals surface area contributed by atoms with Gasteiger partial charge in [0, 0.05) is 54.5 Å². The Morgan fingerprint density at radius 2 is 0.758 bits per heavy atom. The molecule has 0 spiro atoms. The van der Waals surface area contributed by atoms with Crippen molar-refractivity contribution in [2.24, 2.45) is 0 Å². The molecule has 6 nitrogen and oxygen atoms in total. The SMILES string of the molecule is N#Cc1cc(-n2c3ccc(-n4c5ccccc5c5ccccc54)cc3c3c2ccc2c4ccccc4n(-c4ccccc4)c23)c(C#N)cc1-n1c2ccccc2c2c3ccccc3ccc21. The minimum atomic E-state index is 0.463. The van der Waals surface area contributed by atoms with Gasteiger partial charge in [-0.1, -0.05) is 127 Å². The van der Waals surface area contributed by atoms with E-state index in [2.05, 4.69) is 218 Å². The average Bonchev–Trinajstić information content (AvgIpc) is 4.11. The van der Waals surface area contributed by atoms with Crippen LogP contribution in [0.2, 0.25) is 0 Å². The molecular formula is C60H34N6. The largest absolute Gasteiger partial charge is 0.309 e. The molecule has 10 aromatic carbocycles. The van der Waals surface area contributed by atoms with Gasteiger partial charge >= 0.3 is 0 Å². The van der Waals surface area contributed by atoms with E-state index in [1.807, 2.05) is 18.2 Å². The molecule has 0 saturated carbocycles. The molecule has 14 rings (SSSR count). The molecule has 14 aromatic rings. The summed E-state index contributed by atoms with van der Waals surface area (Å²) in [5.74, 6) is 0. The van der Waals surface area contributed by atoms with Crippen LogP contribution in [0, 0.1) is 22.7 Å². The van der Waals surface area contributed by atoms with Crippen molar-refractivity contribution in [3.05, 3.63) is 217 Å².